The molecule has 3 aliphatic rings. The number of rotatable bonds is 4. The molecule has 248 valence electrons. The van der Waals surface area contributed by atoms with Crippen LogP contribution in [0.3, 0.4) is 0 Å². The van der Waals surface area contributed by atoms with Gasteiger partial charge in [0.2, 0.25) is 0 Å². The molecule has 0 nitrogen and oxygen atoms in total. The van der Waals surface area contributed by atoms with E-state index in [1.807, 2.05) is 0 Å². The number of halogens is 2. The molecule has 0 aromatic heterocycles. The summed E-state index contributed by atoms with van der Waals surface area (Å²) in [5.74, 6) is 1.57. The summed E-state index contributed by atoms with van der Waals surface area (Å²) >= 11 is 1.46. The van der Waals surface area contributed by atoms with Crippen molar-refractivity contribution in [2.45, 2.75) is 96.3 Å². The minimum Gasteiger partial charge on any atom is -0.176 e. The number of hydrogen-bond acceptors (Lipinski definition) is 0. The maximum Gasteiger partial charge on any atom is -0.0162 e. The Kier molecular flexibility index (Phi) is 15.3. The van der Waals surface area contributed by atoms with E-state index in [9.17, 15) is 0 Å². The second kappa shape index (κ2) is 19.1. The van der Waals surface area contributed by atoms with E-state index in [1.54, 1.807) is 11.1 Å². The van der Waals surface area contributed by atoms with Crippen molar-refractivity contribution in [3.8, 4) is 11.1 Å². The zero-order valence-electron chi connectivity index (χ0n) is 28.6. The van der Waals surface area contributed by atoms with Gasteiger partial charge in [-0.3, -0.25) is 0 Å². The maximum atomic E-state index is 3.84. The summed E-state index contributed by atoms with van der Waals surface area (Å²) < 4.78 is 1.42. The summed E-state index contributed by atoms with van der Waals surface area (Å²) in [5, 5.41) is 0. The van der Waals surface area contributed by atoms with Crippen molar-refractivity contribution in [3.63, 3.8) is 0 Å². The van der Waals surface area contributed by atoms with Crippen molar-refractivity contribution in [2.24, 2.45) is 0 Å². The van der Waals surface area contributed by atoms with Crippen LogP contribution in [-0.4, -0.2) is 3.21 Å². The molecule has 0 unspecified atom stereocenters. The first-order valence-electron chi connectivity index (χ1n) is 17.6. The van der Waals surface area contributed by atoms with Gasteiger partial charge in [0, 0.05) is 0 Å². The van der Waals surface area contributed by atoms with Crippen LogP contribution >= 0.6 is 0 Å². The molecule has 0 saturated heterocycles. The zero-order chi connectivity index (χ0) is 31.7. The van der Waals surface area contributed by atoms with E-state index in [2.05, 4.69) is 129 Å². The van der Waals surface area contributed by atoms with Gasteiger partial charge in [-0.15, -0.1) is 11.1 Å². The van der Waals surface area contributed by atoms with E-state index in [4.69, 9.17) is 0 Å². The van der Waals surface area contributed by atoms with Crippen molar-refractivity contribution in [1.82, 2.24) is 0 Å². The van der Waals surface area contributed by atoms with Gasteiger partial charge >= 0.3 is 99.2 Å². The van der Waals surface area contributed by atoms with Crippen LogP contribution in [0.5, 0.6) is 0 Å². The largest absolute Gasteiger partial charge is 0.176 e. The molecule has 0 spiro atoms. The summed E-state index contributed by atoms with van der Waals surface area (Å²) in [6.45, 7) is 4.24. The van der Waals surface area contributed by atoms with Gasteiger partial charge in [0.05, 0.1) is 0 Å². The van der Waals surface area contributed by atoms with Gasteiger partial charge in [-0.1, -0.05) is 76.1 Å². The molecule has 3 heteroatoms. The Hall–Kier alpha value is -2.44. The van der Waals surface area contributed by atoms with E-state index < -0.39 is 0 Å². The maximum absolute atomic E-state index is 3.84. The van der Waals surface area contributed by atoms with Crippen molar-refractivity contribution < 1.29 is 49.0 Å². The van der Waals surface area contributed by atoms with Crippen LogP contribution in [0.4, 0.5) is 0 Å². The minimum absolute atomic E-state index is 0. The molecule has 5 aromatic carbocycles. The first-order chi connectivity index (χ1) is 22.6. The molecule has 0 N–H and O–H groups in total. The Morgan fingerprint density at radius 1 is 0.625 bits per heavy atom. The second-order valence-electron chi connectivity index (χ2n) is 13.6. The quantitative estimate of drug-likeness (QED) is 0.195. The topological polar surface area (TPSA) is 0 Å². The Morgan fingerprint density at radius 2 is 1.15 bits per heavy atom. The van der Waals surface area contributed by atoms with Crippen molar-refractivity contribution in [3.05, 3.63) is 160 Å². The number of hydrogen-bond donors (Lipinski definition) is 0. The normalized spacial score (nSPS) is 15.2. The predicted octanol–water partition coefficient (Wildman–Crippen LogP) is 5.99. The molecule has 0 aliphatic heterocycles. The Bertz CT molecular complexity index is 1580. The molecule has 0 heterocycles. The third kappa shape index (κ3) is 9.84. The molecule has 2 saturated carbocycles. The van der Waals surface area contributed by atoms with Crippen molar-refractivity contribution in [2.75, 3.05) is 0 Å². The summed E-state index contributed by atoms with van der Waals surface area (Å²) in [5.41, 5.74) is 14.5. The smallest absolute Gasteiger partial charge is 0.0162 e. The Balaban J connectivity index is 0.000000191. The standard InChI is InChI=1S/C25H29.C13H10.C7H9.2ClH.Zr/c1-3-7-18(8-4-1)20-11-13-24-22(15-20)17-23-16-21(12-14-25(23)24)19-9-5-2-6-10-19;1-3-7-12(8-4-1)11-13-9-5-2-6-10-13;1-6-4-3-5-7(6)2;;;/h11-15,18-19H,1-10,17H2;1-10H;3-5H,1-2H3;2*1H;/q-1;;-1;;;+2/p-2. The molecular weight excluding hydrogens is 703 g/mol. The summed E-state index contributed by atoms with van der Waals surface area (Å²) in [6.07, 6.45) is 15.1. The molecule has 0 atom stereocenters. The average molecular weight is 751 g/mol. The third-order valence-corrected chi connectivity index (χ3v) is 11.8. The Labute approximate surface area is 317 Å². The summed E-state index contributed by atoms with van der Waals surface area (Å²) in [4.78, 5) is 0. The molecule has 0 amide bonds. The molecule has 0 radical (unpaired) electrons. The van der Waals surface area contributed by atoms with Crippen LogP contribution < -0.4 is 24.8 Å². The first-order valence-corrected chi connectivity index (χ1v) is 18.9. The Morgan fingerprint density at radius 3 is 1.67 bits per heavy atom. The van der Waals surface area contributed by atoms with Gasteiger partial charge in [0.1, 0.15) is 0 Å². The minimum atomic E-state index is 0. The van der Waals surface area contributed by atoms with Gasteiger partial charge in [-0.2, -0.15) is 53.1 Å². The van der Waals surface area contributed by atoms with Crippen LogP contribution in [-0.2, 0) is 30.7 Å². The van der Waals surface area contributed by atoms with Gasteiger partial charge in [0.25, 0.3) is 0 Å². The van der Waals surface area contributed by atoms with Crippen LogP contribution in [0.1, 0.15) is 121 Å². The van der Waals surface area contributed by atoms with Crippen LogP contribution in [0.2, 0.25) is 0 Å². The first kappa shape index (κ1) is 38.4. The molecule has 0 bridgehead atoms. The second-order valence-corrected chi connectivity index (χ2v) is 14.8. The molecule has 48 heavy (non-hydrogen) atoms. The van der Waals surface area contributed by atoms with E-state index >= 15 is 0 Å². The zero-order valence-corrected chi connectivity index (χ0v) is 32.6. The monoisotopic (exact) mass is 748 g/mol. The van der Waals surface area contributed by atoms with Crippen molar-refractivity contribution >= 4 is 3.21 Å². The summed E-state index contributed by atoms with van der Waals surface area (Å²) in [6, 6.07) is 43.4. The fourth-order valence-electron chi connectivity index (χ4n) is 7.48. The SMILES string of the molecule is Cc1c[cH-]cc1C.[Cl-].[Cl-].[Zr+2]=[C](c1ccccc1)c1ccccc1.[c-]1c(C2CCCCC2)ccc2c1Cc1cc(C3CCCCC3)ccc1-2. The molecule has 3 aliphatic carbocycles. The van der Waals surface area contributed by atoms with Gasteiger partial charge in [-0.05, 0) is 55.1 Å². The van der Waals surface area contributed by atoms with Crippen LogP contribution in [0.15, 0.2) is 109 Å². The molecule has 5 aromatic rings. The van der Waals surface area contributed by atoms with Gasteiger partial charge in [0.15, 0.2) is 0 Å². The van der Waals surface area contributed by atoms with Crippen molar-refractivity contribution in [1.29, 1.82) is 0 Å². The van der Waals surface area contributed by atoms with E-state index in [1.165, 1.54) is 136 Å². The fourth-order valence-corrected chi connectivity index (χ4v) is 8.30. The summed E-state index contributed by atoms with van der Waals surface area (Å²) in [7, 11) is 0. The number of benzene rings is 4. The molecule has 2 fully saturated rings. The molecular formula is C45H48Cl2Zr-2. The van der Waals surface area contributed by atoms with Crippen LogP contribution in [0, 0.1) is 19.9 Å². The number of aryl methyl sites for hydroxylation is 2. The van der Waals surface area contributed by atoms with E-state index in [0.717, 1.165) is 18.3 Å². The molecule has 8 rings (SSSR count). The average Bonchev–Trinajstić information content (AvgIpc) is 3.70. The number of fused-ring (bicyclic) bond motifs is 3. The van der Waals surface area contributed by atoms with E-state index in [0.29, 0.717) is 0 Å². The van der Waals surface area contributed by atoms with Crippen LogP contribution in [0.25, 0.3) is 11.1 Å². The van der Waals surface area contributed by atoms with Gasteiger partial charge in [-0.25, -0.2) is 0 Å². The fraction of sp³-hybridized carbons (Fsp3) is 0.333. The van der Waals surface area contributed by atoms with E-state index in [-0.39, 0.29) is 24.8 Å². The predicted molar refractivity (Wildman–Crippen MR) is 193 cm³/mol. The third-order valence-electron chi connectivity index (χ3n) is 10.4. The van der Waals surface area contributed by atoms with Gasteiger partial charge < -0.3 is 24.8 Å².